The summed E-state index contributed by atoms with van der Waals surface area (Å²) < 4.78 is 23.9. The number of aryl methyl sites for hydroxylation is 1. The smallest absolute Gasteiger partial charge is 0.750 e. The first-order chi connectivity index (χ1) is 8.56. The van der Waals surface area contributed by atoms with E-state index in [9.17, 15) is 4.57 Å². The monoisotopic (exact) mass is 392 g/mol. The van der Waals surface area contributed by atoms with Crippen molar-refractivity contribution in [2.45, 2.75) is 20.0 Å². The second-order valence-corrected chi connectivity index (χ2v) is 5.15. The van der Waals surface area contributed by atoms with Crippen LogP contribution in [-0.4, -0.2) is 6.10 Å². The minimum atomic E-state index is -2.12. The van der Waals surface area contributed by atoms with Gasteiger partial charge in [0.05, 0.1) is 6.07 Å². The number of halogens is 1. The highest BCUT2D eigenvalue weighted by Gasteiger charge is 2.24. The highest BCUT2D eigenvalue weighted by Crippen LogP contribution is 2.30. The summed E-state index contributed by atoms with van der Waals surface area (Å²) in [5, 5.41) is 1.10. The van der Waals surface area contributed by atoms with Crippen LogP contribution in [0.3, 0.4) is 0 Å². The van der Waals surface area contributed by atoms with Crippen molar-refractivity contribution in [1.29, 1.82) is 0 Å². The Morgan fingerprint density at radius 1 is 1.26 bits per heavy atom. The maximum absolute atomic E-state index is 11.5. The Bertz CT molecular complexity index is 589. The summed E-state index contributed by atoms with van der Waals surface area (Å²) in [6.07, 6.45) is 1.83. The van der Waals surface area contributed by atoms with Crippen LogP contribution in [0, 0.1) is 0 Å². The first-order valence-electron chi connectivity index (χ1n) is 5.76. The van der Waals surface area contributed by atoms with E-state index in [0.29, 0.717) is 5.75 Å². The average molecular weight is 392 g/mol. The molecule has 6 heteroatoms. The van der Waals surface area contributed by atoms with Crippen molar-refractivity contribution in [2.24, 2.45) is 7.05 Å². The Morgan fingerprint density at radius 3 is 2.68 bits per heavy atom. The third kappa shape index (κ3) is 4.37. The lowest BCUT2D eigenvalue weighted by atomic mass is 10.2. The van der Waals surface area contributed by atoms with E-state index in [4.69, 9.17) is 9.05 Å². The molecule has 0 bridgehead atoms. The molecule has 2 rings (SSSR count). The molecule has 0 radical (unpaired) electrons. The summed E-state index contributed by atoms with van der Waals surface area (Å²) in [5.74, 6) is 0.547. The van der Waals surface area contributed by atoms with Crippen molar-refractivity contribution in [3.63, 3.8) is 0 Å². The predicted molar refractivity (Wildman–Crippen MR) is 69.6 cm³/mol. The minimum Gasteiger partial charge on any atom is -1.00 e. The van der Waals surface area contributed by atoms with Crippen molar-refractivity contribution in [1.82, 2.24) is 0 Å². The number of benzene rings is 1. The Morgan fingerprint density at radius 2 is 2.00 bits per heavy atom. The molecule has 102 valence electrons. The van der Waals surface area contributed by atoms with Gasteiger partial charge in [0.15, 0.2) is 11.9 Å². The molecule has 0 aliphatic heterocycles. The fourth-order valence-electron chi connectivity index (χ4n) is 1.66. The van der Waals surface area contributed by atoms with Gasteiger partial charge in [-0.05, 0) is 32.0 Å². The zero-order valence-corrected chi connectivity index (χ0v) is 14.1. The molecule has 19 heavy (non-hydrogen) atoms. The molecule has 1 unspecified atom stereocenters. The highest BCUT2D eigenvalue weighted by molar-refractivity contribution is 7.33. The quantitative estimate of drug-likeness (QED) is 0.422. The number of rotatable bonds is 4. The first kappa shape index (κ1) is 16.3. The van der Waals surface area contributed by atoms with Gasteiger partial charge < -0.3 is 24.0 Å². The van der Waals surface area contributed by atoms with Gasteiger partial charge in [-0.1, -0.05) is 0 Å². The second kappa shape index (κ2) is 7.12. The minimum absolute atomic E-state index is 0. The molecule has 0 saturated heterocycles. The van der Waals surface area contributed by atoms with E-state index in [2.05, 4.69) is 0 Å². The normalized spacial score (nSPS) is 11.3. The van der Waals surface area contributed by atoms with Crippen molar-refractivity contribution >= 4 is 19.2 Å². The third-order valence-corrected chi connectivity index (χ3v) is 3.40. The summed E-state index contributed by atoms with van der Waals surface area (Å²) in [6.45, 7) is 3.63. The van der Waals surface area contributed by atoms with E-state index >= 15 is 0 Å². The number of hydrogen-bond donors (Lipinski definition) is 0. The summed E-state index contributed by atoms with van der Waals surface area (Å²) in [6, 6.07) is 9.57. The van der Waals surface area contributed by atoms with Gasteiger partial charge in [-0.2, -0.15) is 0 Å². The third-order valence-electron chi connectivity index (χ3n) is 2.44. The predicted octanol–water partition coefficient (Wildman–Crippen LogP) is 0.129. The van der Waals surface area contributed by atoms with Gasteiger partial charge >= 0.3 is 8.25 Å². The van der Waals surface area contributed by atoms with Crippen LogP contribution in [0.2, 0.25) is 0 Å². The largest absolute Gasteiger partial charge is 1.00 e. The Balaban J connectivity index is 0.00000180. The van der Waals surface area contributed by atoms with Crippen LogP contribution in [0.4, 0.5) is 0 Å². The highest BCUT2D eigenvalue weighted by atomic mass is 127. The molecule has 2 aromatic rings. The van der Waals surface area contributed by atoms with Gasteiger partial charge in [-0.15, -0.1) is 4.52 Å². The Kier molecular flexibility index (Phi) is 6.10. The lowest BCUT2D eigenvalue weighted by molar-refractivity contribution is -0.644. The van der Waals surface area contributed by atoms with E-state index < -0.39 is 8.25 Å². The number of hydrogen-bond acceptors (Lipinski definition) is 3. The molecular formula is C13H16INO3P+. The SMILES string of the molecule is CC(C)O[P+](=O)Oc1ccc2ccc[n+](C)c2c1.[I-]. The van der Waals surface area contributed by atoms with Crippen molar-refractivity contribution in [3.05, 3.63) is 36.5 Å². The first-order valence-corrected chi connectivity index (χ1v) is 6.86. The summed E-state index contributed by atoms with van der Waals surface area (Å²) >= 11 is 0. The van der Waals surface area contributed by atoms with E-state index in [0.717, 1.165) is 10.9 Å². The van der Waals surface area contributed by atoms with E-state index in [-0.39, 0.29) is 30.1 Å². The number of aromatic nitrogens is 1. The lowest BCUT2D eigenvalue weighted by Crippen LogP contribution is -3.00. The maximum Gasteiger partial charge on any atom is 0.750 e. The van der Waals surface area contributed by atoms with E-state index in [1.54, 1.807) is 6.07 Å². The summed E-state index contributed by atoms with van der Waals surface area (Å²) in [4.78, 5) is 0. The zero-order valence-electron chi connectivity index (χ0n) is 11.0. The molecular weight excluding hydrogens is 376 g/mol. The summed E-state index contributed by atoms with van der Waals surface area (Å²) in [5.41, 5.74) is 1.02. The standard InChI is InChI=1S/C13H16NO3P.HI/c1-10(2)16-18(15)17-12-7-6-11-5-4-8-14(3)13(11)9-12;/h4-10H,1-3H3;1H/q+2;/p-1. The fraction of sp³-hybridized carbons (Fsp3) is 0.308. The van der Waals surface area contributed by atoms with Crippen LogP contribution < -0.4 is 33.1 Å². The van der Waals surface area contributed by atoms with E-state index in [1.807, 2.05) is 55.9 Å². The lowest BCUT2D eigenvalue weighted by Gasteiger charge is -1.98. The molecule has 0 fully saturated rings. The molecule has 4 nitrogen and oxygen atoms in total. The van der Waals surface area contributed by atoms with Crippen LogP contribution in [-0.2, 0) is 16.1 Å². The van der Waals surface area contributed by atoms with Crippen molar-refractivity contribution in [2.75, 3.05) is 0 Å². The van der Waals surface area contributed by atoms with Crippen LogP contribution in [0.1, 0.15) is 13.8 Å². The van der Waals surface area contributed by atoms with Gasteiger partial charge in [0.2, 0.25) is 5.52 Å². The molecule has 0 saturated carbocycles. The zero-order chi connectivity index (χ0) is 13.1. The van der Waals surface area contributed by atoms with Crippen molar-refractivity contribution in [3.8, 4) is 5.75 Å². The molecule has 1 aromatic heterocycles. The second-order valence-electron chi connectivity index (χ2n) is 4.31. The van der Waals surface area contributed by atoms with Gasteiger partial charge in [0.1, 0.15) is 13.2 Å². The molecule has 1 aromatic carbocycles. The van der Waals surface area contributed by atoms with Crippen LogP contribution in [0.15, 0.2) is 36.5 Å². The molecule has 0 aliphatic carbocycles. The van der Waals surface area contributed by atoms with Crippen molar-refractivity contribution < 1.29 is 42.2 Å². The molecule has 1 heterocycles. The fourth-order valence-corrected chi connectivity index (χ4v) is 2.34. The number of nitrogens with zero attached hydrogens (tertiary/aromatic N) is 1. The van der Waals surface area contributed by atoms with Gasteiger partial charge in [-0.3, -0.25) is 0 Å². The Labute approximate surface area is 130 Å². The van der Waals surface area contributed by atoms with Crippen LogP contribution in [0.5, 0.6) is 5.75 Å². The van der Waals surface area contributed by atoms with Gasteiger partial charge in [0.25, 0.3) is 0 Å². The number of fused-ring (bicyclic) bond motifs is 1. The average Bonchev–Trinajstić information content (AvgIpc) is 2.29. The summed E-state index contributed by atoms with van der Waals surface area (Å²) in [7, 11) is -0.165. The molecule has 0 amide bonds. The van der Waals surface area contributed by atoms with Gasteiger partial charge in [-0.25, -0.2) is 9.09 Å². The molecule has 0 N–H and O–H groups in total. The molecule has 0 aliphatic rings. The topological polar surface area (TPSA) is 39.4 Å². The van der Waals surface area contributed by atoms with Gasteiger partial charge in [0, 0.05) is 16.0 Å². The number of pyridine rings is 1. The Hall–Kier alpha value is -0.780. The molecule has 1 atom stereocenters. The van der Waals surface area contributed by atoms with E-state index in [1.165, 1.54) is 0 Å². The maximum atomic E-state index is 11.5. The van der Waals surface area contributed by atoms with Crippen LogP contribution in [0.25, 0.3) is 10.9 Å². The van der Waals surface area contributed by atoms with Crippen LogP contribution >= 0.6 is 8.25 Å². The molecule has 0 spiro atoms.